The van der Waals surface area contributed by atoms with Crippen molar-refractivity contribution in [2.45, 2.75) is 298 Å². The van der Waals surface area contributed by atoms with Gasteiger partial charge in [0.1, 0.15) is 0 Å². The molecule has 11 rings (SSSR count). The predicted molar refractivity (Wildman–Crippen MR) is 289 cm³/mol. The second kappa shape index (κ2) is 24.6. The van der Waals surface area contributed by atoms with Crippen molar-refractivity contribution in [1.82, 2.24) is 0 Å². The quantitative estimate of drug-likeness (QED) is 0.209. The molecular weight excluding hydrogens is 1190 g/mol. The zero-order valence-corrected chi connectivity index (χ0v) is 55.9. The van der Waals surface area contributed by atoms with Crippen LogP contribution in [0, 0.1) is 29.6 Å². The van der Waals surface area contributed by atoms with Gasteiger partial charge in [-0.15, -0.1) is 0 Å². The number of hydrogen-bond donors (Lipinski definition) is 3. The first-order chi connectivity index (χ1) is 34.2. The SMILES string of the molecule is C[C]1[C](C)[C](C)[C](C)[C]1C.O[Si]1(C2CCCCC2)O[Si]2(C3CCCCC3)O[Si](O)(C3CCCCC3)O[Si]3(C4CCCCC4)O[Si](O)(C4CCCCC4)O[Si](C4CCCCC4)(O1)O[Si](C1CCCCC1)(O2)O3.[Hf]. The normalized spacial score (nSPS) is 42.7. The first kappa shape index (κ1) is 58.6. The van der Waals surface area contributed by atoms with Gasteiger partial charge in [-0.2, -0.15) is 0 Å². The Hall–Kier alpha value is 1.91. The molecule has 8 aliphatic carbocycles. The third kappa shape index (κ3) is 12.0. The monoisotopic (exact) mass is 1290 g/mol. The maximum atomic E-state index is 14.0. The molecule has 12 nitrogen and oxygen atoms in total. The molecule has 0 atom stereocenters. The van der Waals surface area contributed by atoms with Crippen LogP contribution in [0.2, 0.25) is 38.8 Å². The zero-order chi connectivity index (χ0) is 49.5. The molecule has 5 radical (unpaired) electrons. The zero-order valence-electron chi connectivity index (χ0n) is 45.3. The molecule has 3 aliphatic heterocycles. The number of rotatable bonds is 7. The Morgan fingerprint density at radius 2 is 0.375 bits per heavy atom. The van der Waals surface area contributed by atoms with Gasteiger partial charge in [0.15, 0.2) is 0 Å². The molecule has 4 bridgehead atoms. The summed E-state index contributed by atoms with van der Waals surface area (Å²) < 4.78 is 71.9. The smallest absolute Gasteiger partial charge is 0.390 e. The molecule has 0 amide bonds. The standard InChI is InChI=1S/C42H80O12Si7.C10H15.Hf/c43-55(36-22-8-1-9-23-36)46-58(39-28-14-4-15-29-39)48-56(44,37-24-10-2-11-25-37)50-60(41-32-18-6-19-33-41)51-57(45,38-26-12-3-13-27-38)49-59(47-55,40-30-16-5-17-31-40)53-61(52-58,54-60)42-34-20-7-21-35-42;1-6-7(2)9(4)10(5)8(6)3;/h36-45H,1-35H2;1-5H3;. The van der Waals surface area contributed by atoms with Crippen LogP contribution in [0.5, 0.6) is 0 Å². The Kier molecular flexibility index (Phi) is 20.0. The molecule has 8 saturated carbocycles. The molecular formula is C52H95HfO12Si7. The first-order valence-corrected chi connectivity index (χ1v) is 42.6. The molecule has 0 aromatic heterocycles. The molecule has 0 aromatic carbocycles. The second-order valence-corrected chi connectivity index (χ2v) is 46.4. The second-order valence-electron chi connectivity index (χ2n) is 24.7. The van der Waals surface area contributed by atoms with Crippen LogP contribution < -0.4 is 0 Å². The number of hydrogen-bond acceptors (Lipinski definition) is 12. The molecule has 20 heteroatoms. The van der Waals surface area contributed by atoms with Gasteiger partial charge in [-0.05, 0) is 119 Å². The molecule has 3 N–H and O–H groups in total. The van der Waals surface area contributed by atoms with Gasteiger partial charge in [-0.1, -0.05) is 169 Å². The minimum absolute atomic E-state index is 0. The maximum absolute atomic E-state index is 14.0. The Morgan fingerprint density at radius 3 is 0.542 bits per heavy atom. The molecule has 0 aromatic rings. The number of fused-ring (bicyclic) bond motifs is 3. The van der Waals surface area contributed by atoms with Crippen molar-refractivity contribution in [2.24, 2.45) is 0 Å². The van der Waals surface area contributed by atoms with Crippen molar-refractivity contribution in [3.05, 3.63) is 29.6 Å². The van der Waals surface area contributed by atoms with E-state index in [0.29, 0.717) is 0 Å². The summed E-state index contributed by atoms with van der Waals surface area (Å²) in [6, 6.07) is 0. The molecule has 407 valence electrons. The molecule has 3 saturated heterocycles. The van der Waals surface area contributed by atoms with Crippen LogP contribution >= 0.6 is 0 Å². The van der Waals surface area contributed by atoms with E-state index in [-0.39, 0.29) is 64.6 Å². The fourth-order valence-electron chi connectivity index (χ4n) is 15.3. The predicted octanol–water partition coefficient (Wildman–Crippen LogP) is 14.0. The van der Waals surface area contributed by atoms with E-state index in [1.165, 1.54) is 29.6 Å². The van der Waals surface area contributed by atoms with E-state index in [1.54, 1.807) is 0 Å². The molecule has 11 aliphatic rings. The van der Waals surface area contributed by atoms with Crippen LogP contribution in [0.4, 0.5) is 0 Å². The minimum atomic E-state index is -4.38. The summed E-state index contributed by atoms with van der Waals surface area (Å²) in [4.78, 5) is 42.0. The van der Waals surface area contributed by atoms with Crippen LogP contribution in [0.25, 0.3) is 0 Å². The van der Waals surface area contributed by atoms with Gasteiger partial charge in [0, 0.05) is 64.6 Å². The average Bonchev–Trinajstić information content (AvgIpc) is 3.56. The summed E-state index contributed by atoms with van der Waals surface area (Å²) in [5.41, 5.74) is -1.25. The summed E-state index contributed by atoms with van der Waals surface area (Å²) in [6.45, 7) is 11.0. The van der Waals surface area contributed by atoms with Crippen molar-refractivity contribution >= 4 is 61.6 Å². The maximum Gasteiger partial charge on any atom is 0.486 e. The van der Waals surface area contributed by atoms with E-state index < -0.39 is 61.6 Å². The van der Waals surface area contributed by atoms with Crippen LogP contribution in [0.3, 0.4) is 0 Å². The molecule has 72 heavy (non-hydrogen) atoms. The molecule has 0 unspecified atom stereocenters. The van der Waals surface area contributed by atoms with Crippen LogP contribution in [-0.4, -0.2) is 76.0 Å². The van der Waals surface area contributed by atoms with Gasteiger partial charge >= 0.3 is 61.6 Å². The minimum Gasteiger partial charge on any atom is -0.390 e. The fraction of sp³-hybridized carbons (Fsp3) is 0.904. The summed E-state index contributed by atoms with van der Waals surface area (Å²) in [5.74, 6) is 7.34. The van der Waals surface area contributed by atoms with E-state index in [4.69, 9.17) is 37.0 Å². The van der Waals surface area contributed by atoms with Crippen LogP contribution in [-0.2, 0) is 62.9 Å². The van der Waals surface area contributed by atoms with Gasteiger partial charge in [-0.3, -0.25) is 0 Å². The van der Waals surface area contributed by atoms with Crippen molar-refractivity contribution in [2.75, 3.05) is 0 Å². The Morgan fingerprint density at radius 1 is 0.236 bits per heavy atom. The largest absolute Gasteiger partial charge is 0.486 e. The third-order valence-corrected chi connectivity index (χ3v) is 52.0. The van der Waals surface area contributed by atoms with Gasteiger partial charge in [0.05, 0.1) is 0 Å². The van der Waals surface area contributed by atoms with Crippen molar-refractivity contribution in [3.63, 3.8) is 0 Å². The average molecular weight is 1290 g/mol. The Labute approximate surface area is 463 Å². The summed E-state index contributed by atoms with van der Waals surface area (Å²) in [7, 11) is -29.9. The van der Waals surface area contributed by atoms with E-state index >= 15 is 0 Å². The molecule has 11 fully saturated rings. The topological polar surface area (TPSA) is 144 Å². The van der Waals surface area contributed by atoms with Gasteiger partial charge in [0.2, 0.25) is 0 Å². The van der Waals surface area contributed by atoms with Crippen molar-refractivity contribution in [3.8, 4) is 0 Å². The Bertz CT molecular complexity index is 1500. The Balaban J connectivity index is 0.000000522. The molecule has 0 spiro atoms. The van der Waals surface area contributed by atoms with Gasteiger partial charge in [0.25, 0.3) is 0 Å². The van der Waals surface area contributed by atoms with Crippen LogP contribution in [0.1, 0.15) is 259 Å². The third-order valence-electron chi connectivity index (χ3n) is 20.2. The van der Waals surface area contributed by atoms with Crippen molar-refractivity contribution in [1.29, 1.82) is 0 Å². The van der Waals surface area contributed by atoms with Gasteiger partial charge in [-0.25, -0.2) is 0 Å². The summed E-state index contributed by atoms with van der Waals surface area (Å²) in [5, 5.41) is 0. The van der Waals surface area contributed by atoms with E-state index in [1.807, 2.05) is 0 Å². The van der Waals surface area contributed by atoms with E-state index in [2.05, 4.69) is 34.6 Å². The van der Waals surface area contributed by atoms with Crippen LogP contribution in [0.15, 0.2) is 0 Å². The summed E-state index contributed by atoms with van der Waals surface area (Å²) >= 11 is 0. The van der Waals surface area contributed by atoms with E-state index in [9.17, 15) is 14.4 Å². The van der Waals surface area contributed by atoms with E-state index in [0.717, 1.165) is 225 Å². The fourth-order valence-corrected chi connectivity index (χ4v) is 57.8. The summed E-state index contributed by atoms with van der Waals surface area (Å²) in [6.07, 6.45) is 33.4. The first-order valence-electron chi connectivity index (χ1n) is 29.8. The molecule has 3 heterocycles. The van der Waals surface area contributed by atoms with Crippen molar-refractivity contribution < 1.29 is 77.3 Å². The van der Waals surface area contributed by atoms with Gasteiger partial charge < -0.3 is 51.4 Å².